The summed E-state index contributed by atoms with van der Waals surface area (Å²) < 4.78 is 25.3. The van der Waals surface area contributed by atoms with Crippen LogP contribution < -0.4 is 11.5 Å². The number of benzene rings is 2. The number of hydrogen-bond acceptors (Lipinski definition) is 3. The zero-order valence-corrected chi connectivity index (χ0v) is 14.1. The summed E-state index contributed by atoms with van der Waals surface area (Å²) in [4.78, 5) is 15.8. The first-order valence-electron chi connectivity index (χ1n) is 7.31. The van der Waals surface area contributed by atoms with E-state index in [1.807, 2.05) is 25.1 Å². The molecule has 0 aromatic heterocycles. The zero-order valence-electron chi connectivity index (χ0n) is 13.3. The fraction of sp³-hybridized carbons (Fsp3) is 0.176. The first-order chi connectivity index (χ1) is 11.2. The van der Waals surface area contributed by atoms with E-state index >= 15 is 0 Å². The number of nitrogens with zero attached hydrogens (tertiary/aromatic N) is 1. The van der Waals surface area contributed by atoms with Gasteiger partial charge in [0.1, 0.15) is 0 Å². The summed E-state index contributed by atoms with van der Waals surface area (Å²) in [6.45, 7) is 3.67. The molecule has 1 aliphatic heterocycles. The first kappa shape index (κ1) is 16.2. The number of hydrogen-bond donors (Lipinski definition) is 2. The van der Waals surface area contributed by atoms with Gasteiger partial charge in [-0.1, -0.05) is 18.2 Å². The van der Waals surface area contributed by atoms with Gasteiger partial charge in [-0.15, -0.1) is 0 Å². The van der Waals surface area contributed by atoms with Crippen molar-refractivity contribution in [1.29, 1.82) is 0 Å². The molecule has 124 valence electrons. The van der Waals surface area contributed by atoms with Crippen LogP contribution in [0, 0.1) is 13.8 Å². The molecule has 24 heavy (non-hydrogen) atoms. The van der Waals surface area contributed by atoms with Gasteiger partial charge < -0.3 is 11.5 Å². The lowest BCUT2D eigenvalue weighted by Crippen LogP contribution is -2.24. The van der Waals surface area contributed by atoms with Crippen LogP contribution in [0.5, 0.6) is 0 Å². The number of guanidine groups is 1. The van der Waals surface area contributed by atoms with Crippen LogP contribution in [0.15, 0.2) is 40.2 Å². The lowest BCUT2D eigenvalue weighted by molar-refractivity contribution is 0.100. The fourth-order valence-corrected chi connectivity index (χ4v) is 4.66. The molecule has 2 aromatic carbocycles. The number of nitrogens with two attached hydrogens (primary N) is 2. The highest BCUT2D eigenvalue weighted by molar-refractivity contribution is 7.90. The van der Waals surface area contributed by atoms with Crippen molar-refractivity contribution < 1.29 is 13.2 Å². The van der Waals surface area contributed by atoms with Crippen molar-refractivity contribution in [3.63, 3.8) is 0 Å². The van der Waals surface area contributed by atoms with Gasteiger partial charge in [-0.25, -0.2) is 8.42 Å². The van der Waals surface area contributed by atoms with Crippen LogP contribution in [0.2, 0.25) is 0 Å². The second kappa shape index (κ2) is 5.45. The molecule has 7 heteroatoms. The van der Waals surface area contributed by atoms with Crippen LogP contribution in [0.25, 0.3) is 11.1 Å². The van der Waals surface area contributed by atoms with E-state index in [2.05, 4.69) is 4.99 Å². The summed E-state index contributed by atoms with van der Waals surface area (Å²) in [5.74, 6) is -1.10. The first-order valence-corrected chi connectivity index (χ1v) is 8.96. The van der Waals surface area contributed by atoms with Gasteiger partial charge in [0.25, 0.3) is 5.91 Å². The van der Waals surface area contributed by atoms with E-state index in [-0.39, 0.29) is 22.2 Å². The third-order valence-corrected chi connectivity index (χ3v) is 5.80. The Balaban J connectivity index is 2.32. The lowest BCUT2D eigenvalue weighted by Gasteiger charge is -2.23. The molecule has 1 heterocycles. The molecular formula is C17H17N3O3S. The number of carbonyl (C=O) groups excluding carboxylic acids is 1. The predicted molar refractivity (Wildman–Crippen MR) is 92.4 cm³/mol. The number of aliphatic imine (C=N–C) groups is 1. The Hall–Kier alpha value is -2.67. The molecule has 1 aliphatic rings. The lowest BCUT2D eigenvalue weighted by atomic mass is 9.92. The highest BCUT2D eigenvalue weighted by Gasteiger charge is 2.30. The Morgan fingerprint density at radius 1 is 1.12 bits per heavy atom. The predicted octanol–water partition coefficient (Wildman–Crippen LogP) is 1.67. The van der Waals surface area contributed by atoms with Crippen molar-refractivity contribution in [3.05, 3.63) is 52.6 Å². The maximum absolute atomic E-state index is 12.7. The minimum absolute atomic E-state index is 0.0873. The van der Waals surface area contributed by atoms with Crippen LogP contribution in [0.1, 0.15) is 27.0 Å². The monoisotopic (exact) mass is 343 g/mol. The van der Waals surface area contributed by atoms with Crippen molar-refractivity contribution >= 4 is 21.7 Å². The molecule has 6 nitrogen and oxygen atoms in total. The zero-order chi connectivity index (χ0) is 17.6. The van der Waals surface area contributed by atoms with Crippen LogP contribution in [-0.2, 0) is 15.6 Å². The smallest absolute Gasteiger partial charge is 0.280 e. The Morgan fingerprint density at radius 3 is 2.50 bits per heavy atom. The molecule has 2 aromatic rings. The maximum Gasteiger partial charge on any atom is 0.280 e. The molecule has 0 unspecified atom stereocenters. The average Bonchev–Trinajstić information content (AvgIpc) is 2.44. The molecule has 1 amide bonds. The standard InChI is InChI=1S/C17H17N3O3S/c1-9-4-3-5-11-8-24(22,23)14-7-12(16(21)20-17(18)19)10(2)6-13(14)15(9)11/h3-7H,8H2,1-2H3,(H4,18,19,20,21). The number of sulfone groups is 1. The van der Waals surface area contributed by atoms with Gasteiger partial charge in [-0.05, 0) is 48.2 Å². The summed E-state index contributed by atoms with van der Waals surface area (Å²) in [5.41, 5.74) is 14.6. The van der Waals surface area contributed by atoms with Gasteiger partial charge in [0.05, 0.1) is 10.6 Å². The highest BCUT2D eigenvalue weighted by atomic mass is 32.2. The molecule has 0 fully saturated rings. The minimum Gasteiger partial charge on any atom is -0.370 e. The molecule has 0 atom stereocenters. The number of aryl methyl sites for hydroxylation is 2. The van der Waals surface area contributed by atoms with Gasteiger partial charge in [0.15, 0.2) is 15.8 Å². The summed E-state index contributed by atoms with van der Waals surface area (Å²) in [7, 11) is -3.54. The van der Waals surface area contributed by atoms with E-state index in [1.54, 1.807) is 13.0 Å². The summed E-state index contributed by atoms with van der Waals surface area (Å²) >= 11 is 0. The maximum atomic E-state index is 12.7. The van der Waals surface area contributed by atoms with Crippen LogP contribution in [0.4, 0.5) is 0 Å². The molecule has 0 bridgehead atoms. The Morgan fingerprint density at radius 2 is 1.83 bits per heavy atom. The van der Waals surface area contributed by atoms with E-state index in [1.165, 1.54) is 6.07 Å². The molecular weight excluding hydrogens is 326 g/mol. The Bertz CT molecular complexity index is 1000. The largest absolute Gasteiger partial charge is 0.370 e. The normalized spacial score (nSPS) is 14.4. The fourth-order valence-electron chi connectivity index (χ4n) is 3.07. The quantitative estimate of drug-likeness (QED) is 0.603. The van der Waals surface area contributed by atoms with E-state index in [0.29, 0.717) is 11.1 Å². The van der Waals surface area contributed by atoms with Crippen molar-refractivity contribution in [1.82, 2.24) is 0 Å². The van der Waals surface area contributed by atoms with Crippen LogP contribution in [0.3, 0.4) is 0 Å². The number of amides is 1. The van der Waals surface area contributed by atoms with E-state index in [0.717, 1.165) is 16.7 Å². The topological polar surface area (TPSA) is 116 Å². The molecule has 0 radical (unpaired) electrons. The number of fused-ring (bicyclic) bond motifs is 3. The average molecular weight is 343 g/mol. The van der Waals surface area contributed by atoms with Gasteiger partial charge >= 0.3 is 0 Å². The van der Waals surface area contributed by atoms with Gasteiger partial charge in [-0.3, -0.25) is 4.79 Å². The van der Waals surface area contributed by atoms with Crippen molar-refractivity contribution in [3.8, 4) is 11.1 Å². The molecule has 0 spiro atoms. The Labute approximate surface area is 140 Å². The SMILES string of the molecule is Cc1cc2c(cc1C(=O)N=C(N)N)S(=O)(=O)Cc1cccc(C)c1-2. The third kappa shape index (κ3) is 2.56. The number of carbonyl (C=O) groups is 1. The number of rotatable bonds is 1. The van der Waals surface area contributed by atoms with Gasteiger partial charge in [0, 0.05) is 11.1 Å². The van der Waals surface area contributed by atoms with Crippen molar-refractivity contribution in [2.45, 2.75) is 24.5 Å². The highest BCUT2D eigenvalue weighted by Crippen LogP contribution is 2.41. The van der Waals surface area contributed by atoms with E-state index in [4.69, 9.17) is 11.5 Å². The molecule has 4 N–H and O–H groups in total. The summed E-state index contributed by atoms with van der Waals surface area (Å²) in [5, 5.41) is 0. The van der Waals surface area contributed by atoms with Crippen molar-refractivity contribution in [2.75, 3.05) is 0 Å². The Kier molecular flexibility index (Phi) is 3.68. The molecule has 3 rings (SSSR count). The third-order valence-electron chi connectivity index (χ3n) is 4.10. The molecule has 0 saturated carbocycles. The van der Waals surface area contributed by atoms with Crippen molar-refractivity contribution in [2.24, 2.45) is 16.5 Å². The van der Waals surface area contributed by atoms with Gasteiger partial charge in [0.2, 0.25) is 0 Å². The second-order valence-electron chi connectivity index (χ2n) is 5.87. The second-order valence-corrected chi connectivity index (χ2v) is 7.83. The summed E-state index contributed by atoms with van der Waals surface area (Å²) in [6, 6.07) is 8.70. The van der Waals surface area contributed by atoms with E-state index < -0.39 is 15.7 Å². The molecule has 0 aliphatic carbocycles. The molecule has 0 saturated heterocycles. The van der Waals surface area contributed by atoms with Gasteiger partial charge in [-0.2, -0.15) is 4.99 Å². The van der Waals surface area contributed by atoms with Crippen LogP contribution in [-0.4, -0.2) is 20.3 Å². The van der Waals surface area contributed by atoms with Crippen LogP contribution >= 0.6 is 0 Å². The minimum atomic E-state index is -3.54. The summed E-state index contributed by atoms with van der Waals surface area (Å²) in [6.07, 6.45) is 0. The van der Waals surface area contributed by atoms with E-state index in [9.17, 15) is 13.2 Å².